The van der Waals surface area contributed by atoms with Gasteiger partial charge in [-0.1, -0.05) is 30.3 Å². The predicted molar refractivity (Wildman–Crippen MR) is 76.3 cm³/mol. The fourth-order valence-electron chi connectivity index (χ4n) is 2.73. The van der Waals surface area contributed by atoms with Crippen LogP contribution in [0.5, 0.6) is 0 Å². The van der Waals surface area contributed by atoms with E-state index in [2.05, 4.69) is 47.5 Å². The average Bonchev–Trinajstić information content (AvgIpc) is 2.86. The normalized spacial score (nSPS) is 22.2. The van der Waals surface area contributed by atoms with E-state index in [9.17, 15) is 0 Å². The molecule has 0 spiro atoms. The molecule has 0 bridgehead atoms. The Morgan fingerprint density at radius 2 is 2.17 bits per heavy atom. The van der Waals surface area contributed by atoms with Crippen molar-refractivity contribution in [1.82, 2.24) is 10.2 Å². The molecule has 1 heterocycles. The molecule has 2 atom stereocenters. The molecule has 100 valence electrons. The summed E-state index contributed by atoms with van der Waals surface area (Å²) < 4.78 is 0. The van der Waals surface area contributed by atoms with E-state index >= 15 is 0 Å². The maximum atomic E-state index is 5.53. The number of nitrogens with one attached hydrogen (secondary N) is 1. The zero-order valence-electron chi connectivity index (χ0n) is 11.3. The summed E-state index contributed by atoms with van der Waals surface area (Å²) in [4.78, 5) is 2.56. The van der Waals surface area contributed by atoms with E-state index in [1.54, 1.807) is 0 Å². The van der Waals surface area contributed by atoms with Gasteiger partial charge in [0.05, 0.1) is 0 Å². The lowest BCUT2D eigenvalue weighted by Gasteiger charge is -2.21. The molecule has 3 nitrogen and oxygen atoms in total. The monoisotopic (exact) mass is 247 g/mol. The van der Waals surface area contributed by atoms with Crippen LogP contribution in [0, 0.1) is 5.92 Å². The number of nitrogens with two attached hydrogens (primary N) is 1. The molecular formula is C15H25N3. The van der Waals surface area contributed by atoms with Crippen LogP contribution in [-0.4, -0.2) is 37.1 Å². The van der Waals surface area contributed by atoms with Gasteiger partial charge < -0.3 is 11.1 Å². The quantitative estimate of drug-likeness (QED) is 0.799. The fraction of sp³-hybridized carbons (Fsp3) is 0.600. The van der Waals surface area contributed by atoms with E-state index in [1.165, 1.54) is 25.1 Å². The summed E-state index contributed by atoms with van der Waals surface area (Å²) in [5.41, 5.74) is 6.95. The summed E-state index contributed by atoms with van der Waals surface area (Å²) in [6.07, 6.45) is 1.30. The molecule has 0 saturated carbocycles. The van der Waals surface area contributed by atoms with Gasteiger partial charge in [-0.15, -0.1) is 0 Å². The molecule has 1 aromatic carbocycles. The maximum Gasteiger partial charge on any atom is 0.0233 e. The molecule has 1 aliphatic heterocycles. The highest BCUT2D eigenvalue weighted by molar-refractivity contribution is 5.14. The first kappa shape index (κ1) is 13.5. The first-order valence-electron chi connectivity index (χ1n) is 6.99. The van der Waals surface area contributed by atoms with E-state index in [1.807, 2.05) is 0 Å². The number of likely N-dealkylation sites (tertiary alicyclic amines) is 1. The number of nitrogens with zero attached hydrogens (tertiary/aromatic N) is 1. The van der Waals surface area contributed by atoms with Crippen molar-refractivity contribution in [2.24, 2.45) is 11.7 Å². The van der Waals surface area contributed by atoms with Crippen molar-refractivity contribution in [2.75, 3.05) is 26.2 Å². The van der Waals surface area contributed by atoms with Crippen LogP contribution in [-0.2, 0) is 6.54 Å². The molecule has 1 saturated heterocycles. The van der Waals surface area contributed by atoms with E-state index in [4.69, 9.17) is 5.73 Å². The maximum absolute atomic E-state index is 5.53. The summed E-state index contributed by atoms with van der Waals surface area (Å²) in [6, 6.07) is 11.3. The van der Waals surface area contributed by atoms with Crippen molar-refractivity contribution in [1.29, 1.82) is 0 Å². The molecule has 1 aromatic rings. The Labute approximate surface area is 110 Å². The summed E-state index contributed by atoms with van der Waals surface area (Å²) in [7, 11) is 0. The standard InChI is InChI=1S/C15H25N3/c1-13(17-9-8-16)15-7-10-18(12-15)11-14-5-3-2-4-6-14/h2-6,13,15,17H,7-12,16H2,1H3. The molecule has 1 fully saturated rings. The van der Waals surface area contributed by atoms with Crippen LogP contribution in [0.25, 0.3) is 0 Å². The van der Waals surface area contributed by atoms with Gasteiger partial charge in [-0.05, 0) is 31.4 Å². The highest BCUT2D eigenvalue weighted by Crippen LogP contribution is 2.21. The van der Waals surface area contributed by atoms with Crippen LogP contribution in [0.3, 0.4) is 0 Å². The van der Waals surface area contributed by atoms with Crippen molar-refractivity contribution < 1.29 is 0 Å². The third kappa shape index (κ3) is 3.80. The Kier molecular flexibility index (Phi) is 5.17. The van der Waals surface area contributed by atoms with Crippen LogP contribution in [0.2, 0.25) is 0 Å². The second kappa shape index (κ2) is 6.88. The Morgan fingerprint density at radius 1 is 1.39 bits per heavy atom. The van der Waals surface area contributed by atoms with Crippen LogP contribution in [0.1, 0.15) is 18.9 Å². The Balaban J connectivity index is 1.78. The Morgan fingerprint density at radius 3 is 2.89 bits per heavy atom. The fourth-order valence-corrected chi connectivity index (χ4v) is 2.73. The van der Waals surface area contributed by atoms with E-state index in [0.29, 0.717) is 6.04 Å². The minimum atomic E-state index is 0.578. The first-order chi connectivity index (χ1) is 8.79. The SMILES string of the molecule is CC(NCCN)C1CCN(Cc2ccccc2)C1. The molecule has 0 aliphatic carbocycles. The third-order valence-electron chi connectivity index (χ3n) is 3.88. The summed E-state index contributed by atoms with van der Waals surface area (Å²) in [6.45, 7) is 7.44. The van der Waals surface area contributed by atoms with Gasteiger partial charge in [0.25, 0.3) is 0 Å². The van der Waals surface area contributed by atoms with Crippen LogP contribution >= 0.6 is 0 Å². The number of hydrogen-bond acceptors (Lipinski definition) is 3. The van der Waals surface area contributed by atoms with E-state index < -0.39 is 0 Å². The van der Waals surface area contributed by atoms with Gasteiger partial charge in [0.2, 0.25) is 0 Å². The van der Waals surface area contributed by atoms with E-state index in [0.717, 1.165) is 25.6 Å². The van der Waals surface area contributed by atoms with Gasteiger partial charge in [0.1, 0.15) is 0 Å². The average molecular weight is 247 g/mol. The van der Waals surface area contributed by atoms with Gasteiger partial charge in [0.15, 0.2) is 0 Å². The minimum absolute atomic E-state index is 0.578. The number of hydrogen-bond donors (Lipinski definition) is 2. The van der Waals surface area contributed by atoms with Crippen molar-refractivity contribution >= 4 is 0 Å². The van der Waals surface area contributed by atoms with Gasteiger partial charge in [-0.2, -0.15) is 0 Å². The van der Waals surface area contributed by atoms with Crippen molar-refractivity contribution in [3.8, 4) is 0 Å². The smallest absolute Gasteiger partial charge is 0.0233 e. The van der Waals surface area contributed by atoms with Crippen molar-refractivity contribution in [3.05, 3.63) is 35.9 Å². The molecule has 3 heteroatoms. The Hall–Kier alpha value is -0.900. The second-order valence-electron chi connectivity index (χ2n) is 5.30. The first-order valence-corrected chi connectivity index (χ1v) is 6.99. The molecule has 3 N–H and O–H groups in total. The molecule has 0 radical (unpaired) electrons. The number of benzene rings is 1. The lowest BCUT2D eigenvalue weighted by atomic mass is 10.0. The zero-order valence-corrected chi connectivity index (χ0v) is 11.3. The third-order valence-corrected chi connectivity index (χ3v) is 3.88. The molecule has 0 aromatic heterocycles. The summed E-state index contributed by atoms with van der Waals surface area (Å²) >= 11 is 0. The summed E-state index contributed by atoms with van der Waals surface area (Å²) in [5.74, 6) is 0.764. The van der Waals surface area contributed by atoms with Gasteiger partial charge in [-0.3, -0.25) is 4.90 Å². The highest BCUT2D eigenvalue weighted by atomic mass is 15.2. The van der Waals surface area contributed by atoms with Crippen molar-refractivity contribution in [2.45, 2.75) is 25.9 Å². The zero-order chi connectivity index (χ0) is 12.8. The lowest BCUT2D eigenvalue weighted by molar-refractivity contribution is 0.298. The van der Waals surface area contributed by atoms with Crippen LogP contribution in [0.4, 0.5) is 0 Å². The largest absolute Gasteiger partial charge is 0.329 e. The van der Waals surface area contributed by atoms with Gasteiger partial charge in [0, 0.05) is 32.2 Å². The minimum Gasteiger partial charge on any atom is -0.329 e. The second-order valence-corrected chi connectivity index (χ2v) is 5.30. The van der Waals surface area contributed by atoms with Crippen LogP contribution < -0.4 is 11.1 Å². The predicted octanol–water partition coefficient (Wildman–Crippen LogP) is 1.45. The molecular weight excluding hydrogens is 222 g/mol. The van der Waals surface area contributed by atoms with Crippen LogP contribution in [0.15, 0.2) is 30.3 Å². The molecule has 0 amide bonds. The van der Waals surface area contributed by atoms with Crippen molar-refractivity contribution in [3.63, 3.8) is 0 Å². The number of rotatable bonds is 6. The Bertz CT molecular complexity index is 339. The van der Waals surface area contributed by atoms with Gasteiger partial charge in [-0.25, -0.2) is 0 Å². The highest BCUT2D eigenvalue weighted by Gasteiger charge is 2.26. The molecule has 2 rings (SSSR count). The molecule has 1 aliphatic rings. The van der Waals surface area contributed by atoms with E-state index in [-0.39, 0.29) is 0 Å². The van der Waals surface area contributed by atoms with Gasteiger partial charge >= 0.3 is 0 Å². The lowest BCUT2D eigenvalue weighted by Crippen LogP contribution is -2.37. The molecule has 18 heavy (non-hydrogen) atoms. The molecule has 2 unspecified atom stereocenters. The summed E-state index contributed by atoms with van der Waals surface area (Å²) in [5, 5.41) is 3.51. The topological polar surface area (TPSA) is 41.3 Å².